The Morgan fingerprint density at radius 1 is 0.978 bits per heavy atom. The lowest BCUT2D eigenvalue weighted by Crippen LogP contribution is -2.45. The van der Waals surface area contributed by atoms with Crippen molar-refractivity contribution in [2.45, 2.75) is 71.9 Å². The molecule has 0 radical (unpaired) electrons. The molecule has 0 saturated heterocycles. The van der Waals surface area contributed by atoms with Crippen LogP contribution in [0, 0.1) is 20.9 Å². The Morgan fingerprint density at radius 2 is 1.52 bits per heavy atom. The van der Waals surface area contributed by atoms with Crippen LogP contribution in [0.15, 0.2) is 58.9 Å². The molecule has 5 rings (SSSR count). The molecule has 46 heavy (non-hydrogen) atoms. The highest BCUT2D eigenvalue weighted by atomic mass is 35.5. The number of ether oxygens (including phenoxy) is 1. The van der Waals surface area contributed by atoms with Crippen molar-refractivity contribution >= 4 is 34.8 Å². The second-order valence-electron chi connectivity index (χ2n) is 13.6. The van der Waals surface area contributed by atoms with Crippen LogP contribution in [0.3, 0.4) is 0 Å². The number of ketones is 2. The molecule has 1 heterocycles. The molecule has 0 atom stereocenters. The lowest BCUT2D eigenvalue weighted by atomic mass is 9.63. The molecule has 0 bridgehead atoms. The summed E-state index contributed by atoms with van der Waals surface area (Å²) in [5.41, 5.74) is -0.310. The van der Waals surface area contributed by atoms with Crippen molar-refractivity contribution in [3.05, 3.63) is 85.2 Å². The Hall–Kier alpha value is -4.19. The van der Waals surface area contributed by atoms with Gasteiger partial charge in [0.15, 0.2) is 11.6 Å². The van der Waals surface area contributed by atoms with Crippen molar-refractivity contribution in [1.29, 1.82) is 0 Å². The number of nitro groups is 1. The van der Waals surface area contributed by atoms with Crippen LogP contribution in [0.1, 0.15) is 76.8 Å². The summed E-state index contributed by atoms with van der Waals surface area (Å²) >= 11 is 6.61. The van der Waals surface area contributed by atoms with Gasteiger partial charge in [0.25, 0.3) is 0 Å². The number of carboxylic acids is 1. The van der Waals surface area contributed by atoms with E-state index in [9.17, 15) is 42.8 Å². The summed E-state index contributed by atoms with van der Waals surface area (Å²) < 4.78 is 45.2. The average Bonchev–Trinajstić information content (AvgIpc) is 2.90. The third-order valence-corrected chi connectivity index (χ3v) is 8.86. The quantitative estimate of drug-likeness (QED) is 0.232. The molecular weight excluding hydrogens is 629 g/mol. The Kier molecular flexibility index (Phi) is 8.34. The first-order valence-electron chi connectivity index (χ1n) is 14.6. The lowest BCUT2D eigenvalue weighted by Gasteiger charge is -2.49. The molecule has 0 spiro atoms. The fourth-order valence-electron chi connectivity index (χ4n) is 6.68. The van der Waals surface area contributed by atoms with Gasteiger partial charge in [-0.05, 0) is 53.5 Å². The minimum Gasteiger partial charge on any atom is -0.481 e. The number of alkyl halides is 3. The number of nitrogens with zero attached hydrogens (tertiary/aromatic N) is 2. The number of carbonyl (C=O) groups excluding carboxylic acids is 2. The molecule has 0 unspecified atom stereocenters. The largest absolute Gasteiger partial charge is 0.481 e. The van der Waals surface area contributed by atoms with E-state index in [0.29, 0.717) is 53.1 Å². The zero-order valence-electron chi connectivity index (χ0n) is 25.6. The van der Waals surface area contributed by atoms with E-state index >= 15 is 0 Å². The van der Waals surface area contributed by atoms with E-state index < -0.39 is 50.8 Å². The van der Waals surface area contributed by atoms with Crippen molar-refractivity contribution in [2.75, 3.05) is 6.54 Å². The fraction of sp³-hybridized carbons (Fsp3) is 0.424. The monoisotopic (exact) mass is 660 g/mol. The molecule has 1 aliphatic heterocycles. The Bertz CT molecular complexity index is 1690. The molecule has 2 aromatic rings. The average molecular weight is 661 g/mol. The van der Waals surface area contributed by atoms with E-state index in [2.05, 4.69) is 0 Å². The van der Waals surface area contributed by atoms with Gasteiger partial charge in [-0.1, -0.05) is 45.4 Å². The summed E-state index contributed by atoms with van der Waals surface area (Å²) in [6.07, 6.45) is -3.63. The number of Topliss-reactive ketones (excluding diaryl/α,β-unsaturated/α-hetero) is 2. The number of carbonyl (C=O) groups is 3. The maximum Gasteiger partial charge on any atom is 0.416 e. The number of carboxylic acid groups (broad SMARTS) is 1. The molecule has 1 N–H and O–H groups in total. The van der Waals surface area contributed by atoms with Crippen LogP contribution in [0.25, 0.3) is 0 Å². The smallest absolute Gasteiger partial charge is 0.416 e. The second kappa shape index (κ2) is 11.6. The zero-order valence-corrected chi connectivity index (χ0v) is 26.3. The van der Waals surface area contributed by atoms with Gasteiger partial charge in [0.1, 0.15) is 5.75 Å². The predicted octanol–water partition coefficient (Wildman–Crippen LogP) is 8.22. The molecule has 2 aromatic carbocycles. The highest BCUT2D eigenvalue weighted by molar-refractivity contribution is 6.32. The van der Waals surface area contributed by atoms with Gasteiger partial charge >= 0.3 is 17.8 Å². The predicted molar refractivity (Wildman–Crippen MR) is 161 cm³/mol. The molecule has 2 aliphatic carbocycles. The van der Waals surface area contributed by atoms with Crippen molar-refractivity contribution in [1.82, 2.24) is 4.90 Å². The van der Waals surface area contributed by atoms with Crippen LogP contribution in [-0.4, -0.2) is 39.0 Å². The number of nitro benzene ring substituents is 1. The first-order chi connectivity index (χ1) is 21.3. The van der Waals surface area contributed by atoms with E-state index in [1.165, 1.54) is 12.1 Å². The molecule has 0 fully saturated rings. The van der Waals surface area contributed by atoms with Crippen LogP contribution in [0.5, 0.6) is 11.5 Å². The fourth-order valence-corrected chi connectivity index (χ4v) is 6.91. The lowest BCUT2D eigenvalue weighted by molar-refractivity contribution is -0.385. The van der Waals surface area contributed by atoms with E-state index in [-0.39, 0.29) is 48.1 Å². The van der Waals surface area contributed by atoms with E-state index in [1.807, 2.05) is 32.6 Å². The maximum atomic E-state index is 13.9. The highest BCUT2D eigenvalue weighted by Crippen LogP contribution is 2.55. The molecule has 0 saturated carbocycles. The number of hydrogen-bond acceptors (Lipinski definition) is 7. The summed E-state index contributed by atoms with van der Waals surface area (Å²) in [4.78, 5) is 51.8. The SMILES string of the molecule is CC1(C)CC(=O)C2=C(C1)N(CCC(=O)O)C1=C(C(=O)CC(C)(C)C1)C2c1ccc(Oc2ccc(C(F)(F)F)cc2[N+](=O)[O-])c(Cl)c1. The summed E-state index contributed by atoms with van der Waals surface area (Å²) in [7, 11) is 0. The third kappa shape index (κ3) is 6.40. The van der Waals surface area contributed by atoms with E-state index in [0.717, 1.165) is 6.07 Å². The van der Waals surface area contributed by atoms with Crippen molar-refractivity contribution in [3.63, 3.8) is 0 Å². The van der Waals surface area contributed by atoms with Crippen LogP contribution in [0.4, 0.5) is 18.9 Å². The van der Waals surface area contributed by atoms with Gasteiger partial charge in [-0.15, -0.1) is 0 Å². The normalized spacial score (nSPS) is 19.6. The first-order valence-corrected chi connectivity index (χ1v) is 15.0. The number of allylic oxidation sites excluding steroid dienone is 4. The standard InChI is InChI=1S/C33H32ClF3N2O7/c1-31(2)13-21-29(23(40)15-31)28(30-22(38(21)10-9-27(42)43)14-32(3,4)16-24(30)41)17-5-7-25(19(34)11-17)46-26-8-6-18(33(35,36)37)12-20(26)39(44)45/h5-8,11-12,28H,9-10,13-16H2,1-4H3,(H,42,43). The topological polar surface area (TPSA) is 127 Å². The van der Waals surface area contributed by atoms with E-state index in [4.69, 9.17) is 16.3 Å². The number of rotatable bonds is 7. The summed E-state index contributed by atoms with van der Waals surface area (Å²) in [6, 6.07) is 6.34. The van der Waals surface area contributed by atoms with Gasteiger partial charge in [0.05, 0.1) is 21.9 Å². The minimum absolute atomic E-state index is 0.0449. The second-order valence-corrected chi connectivity index (χ2v) is 14.0. The van der Waals surface area contributed by atoms with Crippen molar-refractivity contribution in [3.8, 4) is 11.5 Å². The van der Waals surface area contributed by atoms with Gasteiger partial charge in [-0.3, -0.25) is 24.5 Å². The first kappa shape index (κ1) is 33.2. The molecular formula is C33H32ClF3N2O7. The van der Waals surface area contributed by atoms with Gasteiger partial charge in [0.2, 0.25) is 5.75 Å². The Labute approximate surface area is 267 Å². The van der Waals surface area contributed by atoms with Crippen LogP contribution < -0.4 is 4.74 Å². The molecule has 9 nitrogen and oxygen atoms in total. The molecule has 244 valence electrons. The summed E-state index contributed by atoms with van der Waals surface area (Å²) in [5.74, 6) is -2.68. The molecule has 0 amide bonds. The Morgan fingerprint density at radius 3 is 2.00 bits per heavy atom. The number of halogens is 4. The molecule has 0 aromatic heterocycles. The summed E-state index contributed by atoms with van der Waals surface area (Å²) in [6.45, 7) is 7.93. The number of hydrogen-bond donors (Lipinski definition) is 1. The van der Waals surface area contributed by atoms with Gasteiger partial charge < -0.3 is 14.7 Å². The van der Waals surface area contributed by atoms with Crippen LogP contribution in [-0.2, 0) is 20.6 Å². The maximum absolute atomic E-state index is 13.9. The molecule has 13 heteroatoms. The van der Waals surface area contributed by atoms with Gasteiger partial charge in [0, 0.05) is 53.9 Å². The van der Waals surface area contributed by atoms with Gasteiger partial charge in [-0.2, -0.15) is 13.2 Å². The number of benzene rings is 2. The van der Waals surface area contributed by atoms with Crippen LogP contribution >= 0.6 is 11.6 Å². The molecule has 3 aliphatic rings. The van der Waals surface area contributed by atoms with Crippen LogP contribution in [0.2, 0.25) is 5.02 Å². The summed E-state index contributed by atoms with van der Waals surface area (Å²) in [5, 5.41) is 21.1. The zero-order chi connectivity index (χ0) is 33.9. The third-order valence-electron chi connectivity index (χ3n) is 8.56. The highest BCUT2D eigenvalue weighted by Gasteiger charge is 2.49. The number of aliphatic carboxylic acids is 1. The van der Waals surface area contributed by atoms with E-state index in [1.54, 1.807) is 6.07 Å². The van der Waals surface area contributed by atoms with Crippen molar-refractivity contribution < 1.29 is 42.3 Å². The Balaban J connectivity index is 1.63. The van der Waals surface area contributed by atoms with Gasteiger partial charge in [-0.25, -0.2) is 0 Å². The van der Waals surface area contributed by atoms with Crippen molar-refractivity contribution in [2.24, 2.45) is 10.8 Å². The minimum atomic E-state index is -4.80.